The fraction of sp³-hybridized carbons (Fsp3) is 0.548. The van der Waals surface area contributed by atoms with Gasteiger partial charge in [-0.1, -0.05) is 6.42 Å². The van der Waals surface area contributed by atoms with Crippen LogP contribution in [-0.2, 0) is 17.8 Å². The first kappa shape index (κ1) is 28.2. The molecule has 3 aromatic rings. The highest BCUT2D eigenvalue weighted by Gasteiger charge is 2.27. The molecule has 2 N–H and O–H groups in total. The lowest BCUT2D eigenvalue weighted by molar-refractivity contribution is 0.0846. The number of nitrogens with one attached hydrogen (secondary N) is 2. The smallest absolute Gasteiger partial charge is 0.256 e. The Labute approximate surface area is 235 Å². The van der Waals surface area contributed by atoms with Gasteiger partial charge in [0, 0.05) is 48.6 Å². The van der Waals surface area contributed by atoms with E-state index < -0.39 is 0 Å². The van der Waals surface area contributed by atoms with Gasteiger partial charge in [-0.05, 0) is 77.2 Å². The number of hydrogen-bond acceptors (Lipinski definition) is 7. The van der Waals surface area contributed by atoms with E-state index in [9.17, 15) is 9.59 Å². The Morgan fingerprint density at radius 1 is 1.15 bits per heavy atom. The number of piperidine rings is 1. The molecule has 40 heavy (non-hydrogen) atoms. The number of carbonyl (C=O) groups is 1. The number of carbonyl (C=O) groups excluding carboxylic acids is 1. The predicted octanol–water partition coefficient (Wildman–Crippen LogP) is 4.67. The van der Waals surface area contributed by atoms with Crippen molar-refractivity contribution in [1.82, 2.24) is 15.2 Å². The largest absolute Gasteiger partial charge is 0.496 e. The molecule has 2 aliphatic rings. The maximum Gasteiger partial charge on any atom is 0.256 e. The minimum absolute atomic E-state index is 0.0543. The van der Waals surface area contributed by atoms with Crippen LogP contribution in [0.3, 0.4) is 0 Å². The SMILES string of the molecule is CCN(c1cc2oc(CN3CCCCC3)cc2c(C(=O)NCc2c(OC)cc(C)[nH]c2=O)c1C)C1CCOCC1. The molecule has 0 aliphatic carbocycles. The highest BCUT2D eigenvalue weighted by molar-refractivity contribution is 6.09. The number of fused-ring (bicyclic) bond motifs is 1. The van der Waals surface area contributed by atoms with Gasteiger partial charge in [-0.25, -0.2) is 0 Å². The number of likely N-dealkylation sites (tertiary alicyclic amines) is 1. The third-order valence-electron chi connectivity index (χ3n) is 8.32. The van der Waals surface area contributed by atoms with Crippen molar-refractivity contribution in [2.24, 2.45) is 0 Å². The standard InChI is InChI=1S/C31H42N4O5/c1-5-35(22-9-13-39-14-10-22)26-17-28-24(16-23(40-28)19-34-11-7-6-8-12-34)29(21(26)3)31(37)32-18-25-27(38-4)15-20(2)33-30(25)36/h15-17,22H,5-14,18-19H2,1-4H3,(H,32,37)(H,33,36). The van der Waals surface area contributed by atoms with Gasteiger partial charge >= 0.3 is 0 Å². The third-order valence-corrected chi connectivity index (χ3v) is 8.32. The van der Waals surface area contributed by atoms with Crippen molar-refractivity contribution < 1.29 is 18.7 Å². The number of aryl methyl sites for hydroxylation is 1. The number of H-pyrrole nitrogens is 1. The molecule has 0 atom stereocenters. The molecule has 9 nitrogen and oxygen atoms in total. The van der Waals surface area contributed by atoms with Gasteiger partial charge in [-0.3, -0.25) is 14.5 Å². The fourth-order valence-corrected chi connectivity index (χ4v) is 6.24. The van der Waals surface area contributed by atoms with Crippen LogP contribution >= 0.6 is 0 Å². The van der Waals surface area contributed by atoms with Crippen molar-refractivity contribution in [2.45, 2.75) is 72.0 Å². The zero-order valence-electron chi connectivity index (χ0n) is 24.2. The maximum absolute atomic E-state index is 13.9. The van der Waals surface area contributed by atoms with Gasteiger partial charge in [-0.15, -0.1) is 0 Å². The Balaban J connectivity index is 1.52. The first-order chi connectivity index (χ1) is 19.4. The number of amides is 1. The topological polar surface area (TPSA) is 100 Å². The quantitative estimate of drug-likeness (QED) is 0.400. The molecule has 0 unspecified atom stereocenters. The van der Waals surface area contributed by atoms with Crippen molar-refractivity contribution in [3.05, 3.63) is 56.7 Å². The van der Waals surface area contributed by atoms with E-state index in [0.29, 0.717) is 34.2 Å². The molecule has 4 heterocycles. The number of pyridine rings is 1. The molecule has 9 heteroatoms. The van der Waals surface area contributed by atoms with Gasteiger partial charge in [0.25, 0.3) is 11.5 Å². The highest BCUT2D eigenvalue weighted by Crippen LogP contribution is 2.36. The Hall–Kier alpha value is -3.30. The molecule has 2 aromatic heterocycles. The van der Waals surface area contributed by atoms with Crippen LogP contribution in [0.5, 0.6) is 5.75 Å². The average molecular weight is 551 g/mol. The summed E-state index contributed by atoms with van der Waals surface area (Å²) in [6, 6.07) is 6.24. The Morgan fingerprint density at radius 3 is 2.60 bits per heavy atom. The molecule has 0 saturated carbocycles. The summed E-state index contributed by atoms with van der Waals surface area (Å²) in [7, 11) is 1.53. The number of aromatic amines is 1. The predicted molar refractivity (Wildman–Crippen MR) is 156 cm³/mol. The van der Waals surface area contributed by atoms with Crippen LogP contribution in [0, 0.1) is 13.8 Å². The van der Waals surface area contributed by atoms with E-state index in [1.807, 2.05) is 13.0 Å². The minimum atomic E-state index is -0.267. The second kappa shape index (κ2) is 12.5. The van der Waals surface area contributed by atoms with Gasteiger partial charge in [0.05, 0.1) is 31.3 Å². The van der Waals surface area contributed by atoms with Gasteiger partial charge < -0.3 is 29.1 Å². The van der Waals surface area contributed by atoms with Crippen molar-refractivity contribution in [3.63, 3.8) is 0 Å². The lowest BCUT2D eigenvalue weighted by Crippen LogP contribution is -2.40. The molecule has 1 aromatic carbocycles. The zero-order chi connectivity index (χ0) is 28.2. The molecule has 0 bridgehead atoms. The molecule has 2 aliphatic heterocycles. The molecule has 2 fully saturated rings. The Morgan fingerprint density at radius 2 is 1.90 bits per heavy atom. The van der Waals surface area contributed by atoms with E-state index in [4.69, 9.17) is 13.9 Å². The van der Waals surface area contributed by atoms with Gasteiger partial charge in [0.15, 0.2) is 0 Å². The van der Waals surface area contributed by atoms with Crippen LogP contribution in [-0.4, -0.2) is 61.8 Å². The summed E-state index contributed by atoms with van der Waals surface area (Å²) in [6.07, 6.45) is 5.57. The van der Waals surface area contributed by atoms with E-state index in [1.54, 1.807) is 13.0 Å². The number of rotatable bonds is 9. The monoisotopic (exact) mass is 550 g/mol. The normalized spacial score (nSPS) is 16.8. The Bertz CT molecular complexity index is 1400. The van der Waals surface area contributed by atoms with Crippen LogP contribution in [0.25, 0.3) is 11.0 Å². The Kier molecular flexibility index (Phi) is 8.81. The molecule has 216 valence electrons. The average Bonchev–Trinajstić information content (AvgIpc) is 3.35. The number of furan rings is 1. The van der Waals surface area contributed by atoms with Crippen LogP contribution in [0.1, 0.15) is 72.0 Å². The molecule has 1 amide bonds. The lowest BCUT2D eigenvalue weighted by atomic mass is 9.98. The van der Waals surface area contributed by atoms with Crippen LogP contribution < -0.4 is 20.5 Å². The van der Waals surface area contributed by atoms with E-state index in [-0.39, 0.29) is 18.0 Å². The minimum Gasteiger partial charge on any atom is -0.496 e. The third kappa shape index (κ3) is 5.90. The van der Waals surface area contributed by atoms with Gasteiger partial charge in [0.1, 0.15) is 17.1 Å². The van der Waals surface area contributed by atoms with Crippen molar-refractivity contribution in [1.29, 1.82) is 0 Å². The van der Waals surface area contributed by atoms with Gasteiger partial charge in [-0.2, -0.15) is 0 Å². The number of ether oxygens (including phenoxy) is 2. The number of methoxy groups -OCH3 is 1. The van der Waals surface area contributed by atoms with E-state index >= 15 is 0 Å². The fourth-order valence-electron chi connectivity index (χ4n) is 6.24. The van der Waals surface area contributed by atoms with E-state index in [0.717, 1.165) is 74.6 Å². The molecule has 0 radical (unpaired) electrons. The summed E-state index contributed by atoms with van der Waals surface area (Å²) in [5.74, 6) is 1.09. The highest BCUT2D eigenvalue weighted by atomic mass is 16.5. The number of benzene rings is 1. The van der Waals surface area contributed by atoms with Gasteiger partial charge in [0.2, 0.25) is 0 Å². The number of aromatic nitrogens is 1. The second-order valence-electron chi connectivity index (χ2n) is 11.0. The molecule has 0 spiro atoms. The van der Waals surface area contributed by atoms with Crippen LogP contribution in [0.2, 0.25) is 0 Å². The number of anilines is 1. The molecule has 2 saturated heterocycles. The first-order valence-electron chi connectivity index (χ1n) is 14.6. The van der Waals surface area contributed by atoms with Crippen molar-refractivity contribution in [2.75, 3.05) is 44.9 Å². The summed E-state index contributed by atoms with van der Waals surface area (Å²) < 4.78 is 17.5. The zero-order valence-corrected chi connectivity index (χ0v) is 24.2. The summed E-state index contributed by atoms with van der Waals surface area (Å²) in [6.45, 7) is 11.2. The van der Waals surface area contributed by atoms with Crippen LogP contribution in [0.4, 0.5) is 5.69 Å². The second-order valence-corrected chi connectivity index (χ2v) is 11.0. The summed E-state index contributed by atoms with van der Waals surface area (Å²) in [5.41, 5.74) is 4.06. The summed E-state index contributed by atoms with van der Waals surface area (Å²) >= 11 is 0. The van der Waals surface area contributed by atoms with Crippen molar-refractivity contribution >= 4 is 22.6 Å². The van der Waals surface area contributed by atoms with Crippen molar-refractivity contribution in [3.8, 4) is 5.75 Å². The summed E-state index contributed by atoms with van der Waals surface area (Å²) in [4.78, 5) is 34.2. The molecule has 5 rings (SSSR count). The van der Waals surface area contributed by atoms with E-state index in [2.05, 4.69) is 33.1 Å². The molecular formula is C31H42N4O5. The maximum atomic E-state index is 13.9. The molecular weight excluding hydrogens is 508 g/mol. The number of hydrogen-bond donors (Lipinski definition) is 2. The van der Waals surface area contributed by atoms with E-state index in [1.165, 1.54) is 26.4 Å². The van der Waals surface area contributed by atoms with Crippen LogP contribution in [0.15, 0.2) is 27.4 Å². The first-order valence-corrected chi connectivity index (χ1v) is 14.6. The number of nitrogens with zero attached hydrogens (tertiary/aromatic N) is 2. The summed E-state index contributed by atoms with van der Waals surface area (Å²) in [5, 5.41) is 3.81. The lowest BCUT2D eigenvalue weighted by Gasteiger charge is -2.36.